The number of fused-ring (bicyclic) bond motifs is 1. The molecule has 0 atom stereocenters. The van der Waals surface area contributed by atoms with Crippen LogP contribution >= 0.6 is 0 Å². The number of hydrogen-bond donors (Lipinski definition) is 2. The van der Waals surface area contributed by atoms with Gasteiger partial charge in [-0.15, -0.1) is 0 Å². The molecule has 0 aliphatic heterocycles. The van der Waals surface area contributed by atoms with Gasteiger partial charge in [0, 0.05) is 5.39 Å². The zero-order chi connectivity index (χ0) is 20.6. The van der Waals surface area contributed by atoms with E-state index in [9.17, 15) is 13.2 Å². The first-order valence-electron chi connectivity index (χ1n) is 8.81. The number of nitrogens with zero attached hydrogens (tertiary/aromatic N) is 2. The summed E-state index contributed by atoms with van der Waals surface area (Å²) >= 11 is 0. The summed E-state index contributed by atoms with van der Waals surface area (Å²) in [6.45, 7) is 0. The van der Waals surface area contributed by atoms with Crippen molar-refractivity contribution in [2.45, 2.75) is 11.3 Å². The molecular formula is C21H18N4O3S. The summed E-state index contributed by atoms with van der Waals surface area (Å²) in [5.41, 5.74) is 9.15. The Kier molecular flexibility index (Phi) is 4.65. The third-order valence-electron chi connectivity index (χ3n) is 4.64. The van der Waals surface area contributed by atoms with Gasteiger partial charge in [0.15, 0.2) is 5.69 Å². The Balaban J connectivity index is 1.84. The molecule has 4 aromatic rings. The Labute approximate surface area is 167 Å². The van der Waals surface area contributed by atoms with Gasteiger partial charge >= 0.3 is 0 Å². The van der Waals surface area contributed by atoms with E-state index >= 15 is 0 Å². The molecule has 7 nitrogen and oxygen atoms in total. The summed E-state index contributed by atoms with van der Waals surface area (Å²) in [6.07, 6.45) is 0.720. The van der Waals surface area contributed by atoms with Crippen LogP contribution < -0.4 is 10.9 Å². The van der Waals surface area contributed by atoms with Crippen molar-refractivity contribution in [3.8, 4) is 5.69 Å². The van der Waals surface area contributed by atoms with Gasteiger partial charge in [-0.05, 0) is 47.9 Å². The van der Waals surface area contributed by atoms with E-state index in [-0.39, 0.29) is 10.6 Å². The van der Waals surface area contributed by atoms with E-state index in [2.05, 4.69) is 5.10 Å². The van der Waals surface area contributed by atoms with E-state index in [1.54, 1.807) is 16.8 Å². The fraction of sp³-hybridized carbons (Fsp3) is 0.0476. The minimum atomic E-state index is -3.80. The molecule has 0 saturated carbocycles. The van der Waals surface area contributed by atoms with Gasteiger partial charge in [-0.2, -0.15) is 5.10 Å². The van der Waals surface area contributed by atoms with Crippen LogP contribution in [0.1, 0.15) is 21.6 Å². The van der Waals surface area contributed by atoms with Gasteiger partial charge in [0.2, 0.25) is 10.0 Å². The Morgan fingerprint density at radius 3 is 2.24 bits per heavy atom. The fourth-order valence-electron chi connectivity index (χ4n) is 3.26. The molecule has 0 radical (unpaired) electrons. The van der Waals surface area contributed by atoms with E-state index in [0.29, 0.717) is 16.6 Å². The molecule has 1 heterocycles. The van der Waals surface area contributed by atoms with E-state index in [1.807, 2.05) is 48.5 Å². The summed E-state index contributed by atoms with van der Waals surface area (Å²) in [4.78, 5) is 11.9. The number of primary amides is 1. The lowest BCUT2D eigenvalue weighted by molar-refractivity contribution is 0.0996. The van der Waals surface area contributed by atoms with Gasteiger partial charge in [-0.1, -0.05) is 42.5 Å². The molecule has 4 rings (SSSR count). The number of aromatic nitrogens is 2. The molecule has 8 heteroatoms. The Hall–Kier alpha value is -3.49. The minimum absolute atomic E-state index is 0.00222. The normalized spacial score (nSPS) is 11.6. The third kappa shape index (κ3) is 3.75. The summed E-state index contributed by atoms with van der Waals surface area (Å²) < 4.78 is 24.6. The summed E-state index contributed by atoms with van der Waals surface area (Å²) in [5, 5.41) is 10.2. The molecule has 0 aliphatic carbocycles. The number of carbonyl (C=O) groups excluding carboxylic acids is 1. The van der Waals surface area contributed by atoms with Crippen molar-refractivity contribution < 1.29 is 13.2 Å². The van der Waals surface area contributed by atoms with E-state index < -0.39 is 15.9 Å². The maximum absolute atomic E-state index is 11.9. The van der Waals surface area contributed by atoms with Crippen LogP contribution in [0.4, 0.5) is 0 Å². The van der Waals surface area contributed by atoms with Crippen molar-refractivity contribution in [3.63, 3.8) is 0 Å². The monoisotopic (exact) mass is 406 g/mol. The van der Waals surface area contributed by atoms with Crippen molar-refractivity contribution >= 4 is 26.8 Å². The average molecular weight is 406 g/mol. The van der Waals surface area contributed by atoms with Crippen LogP contribution in [0.15, 0.2) is 77.7 Å². The molecule has 146 valence electrons. The molecular weight excluding hydrogens is 388 g/mol. The number of carbonyl (C=O) groups is 1. The maximum atomic E-state index is 11.9. The van der Waals surface area contributed by atoms with Crippen molar-refractivity contribution in [2.75, 3.05) is 0 Å². The number of benzene rings is 3. The van der Waals surface area contributed by atoms with Gasteiger partial charge in [0.25, 0.3) is 5.91 Å². The molecule has 3 aromatic carbocycles. The highest BCUT2D eigenvalue weighted by Gasteiger charge is 2.17. The number of primary sulfonamides is 1. The first-order valence-corrected chi connectivity index (χ1v) is 10.4. The highest BCUT2D eigenvalue weighted by molar-refractivity contribution is 7.89. The van der Waals surface area contributed by atoms with E-state index in [0.717, 1.165) is 17.5 Å². The molecule has 29 heavy (non-hydrogen) atoms. The highest BCUT2D eigenvalue weighted by Crippen LogP contribution is 2.25. The second-order valence-corrected chi connectivity index (χ2v) is 8.24. The summed E-state index contributed by atoms with van der Waals surface area (Å²) in [7, 11) is -3.80. The van der Waals surface area contributed by atoms with Crippen LogP contribution in [0.5, 0.6) is 0 Å². The second kappa shape index (κ2) is 7.16. The van der Waals surface area contributed by atoms with Crippen molar-refractivity contribution in [3.05, 3.63) is 89.6 Å². The lowest BCUT2D eigenvalue weighted by atomic mass is 10.0. The van der Waals surface area contributed by atoms with Crippen LogP contribution in [0, 0.1) is 0 Å². The van der Waals surface area contributed by atoms with Crippen LogP contribution in [0.25, 0.3) is 16.6 Å². The predicted octanol–water partition coefficient (Wildman–Crippen LogP) is 2.36. The highest BCUT2D eigenvalue weighted by atomic mass is 32.2. The maximum Gasteiger partial charge on any atom is 0.269 e. The molecule has 0 saturated heterocycles. The number of rotatable bonds is 5. The summed E-state index contributed by atoms with van der Waals surface area (Å²) in [5.74, 6) is -0.634. The number of hydrogen-bond acceptors (Lipinski definition) is 4. The number of sulfonamides is 1. The molecule has 0 unspecified atom stereocenters. The Morgan fingerprint density at radius 1 is 0.931 bits per heavy atom. The zero-order valence-corrected chi connectivity index (χ0v) is 16.1. The van der Waals surface area contributed by atoms with Gasteiger partial charge in [0.05, 0.1) is 16.1 Å². The minimum Gasteiger partial charge on any atom is -0.364 e. The molecule has 1 amide bonds. The SMILES string of the molecule is NC(=O)c1nn(-c2ccc(S(N)(=O)=O)cc2)c2cc(Cc3ccccc3)ccc12. The van der Waals surface area contributed by atoms with Crippen LogP contribution in [0.2, 0.25) is 0 Å². The topological polar surface area (TPSA) is 121 Å². The van der Waals surface area contributed by atoms with Gasteiger partial charge in [-0.3, -0.25) is 4.79 Å². The quantitative estimate of drug-likeness (QED) is 0.528. The smallest absolute Gasteiger partial charge is 0.269 e. The Bertz CT molecular complexity index is 1310. The standard InChI is InChI=1S/C21H18N4O3S/c22-21(26)20-18-11-6-15(12-14-4-2-1-3-5-14)13-19(18)25(24-20)16-7-9-17(10-8-16)29(23,27)28/h1-11,13H,12H2,(H2,22,26)(H2,23,27,28). The largest absolute Gasteiger partial charge is 0.364 e. The average Bonchev–Trinajstić information content (AvgIpc) is 3.07. The first-order chi connectivity index (χ1) is 13.8. The lowest BCUT2D eigenvalue weighted by Crippen LogP contribution is -2.13. The lowest BCUT2D eigenvalue weighted by Gasteiger charge is -2.07. The number of amides is 1. The Morgan fingerprint density at radius 2 is 1.62 bits per heavy atom. The molecule has 4 N–H and O–H groups in total. The molecule has 0 fully saturated rings. The van der Waals surface area contributed by atoms with Crippen molar-refractivity contribution in [2.24, 2.45) is 10.9 Å². The predicted molar refractivity (Wildman–Crippen MR) is 110 cm³/mol. The fourth-order valence-corrected chi connectivity index (χ4v) is 3.77. The van der Waals surface area contributed by atoms with E-state index in [1.165, 1.54) is 12.1 Å². The van der Waals surface area contributed by atoms with Gasteiger partial charge < -0.3 is 5.73 Å². The van der Waals surface area contributed by atoms with Crippen LogP contribution in [0.3, 0.4) is 0 Å². The van der Waals surface area contributed by atoms with Crippen LogP contribution in [-0.4, -0.2) is 24.1 Å². The zero-order valence-electron chi connectivity index (χ0n) is 15.3. The van der Waals surface area contributed by atoms with Crippen LogP contribution in [-0.2, 0) is 16.4 Å². The molecule has 0 aliphatic rings. The summed E-state index contributed by atoms with van der Waals surface area (Å²) in [6, 6.07) is 21.7. The van der Waals surface area contributed by atoms with Crippen molar-refractivity contribution in [1.82, 2.24) is 9.78 Å². The molecule has 1 aromatic heterocycles. The van der Waals surface area contributed by atoms with Crippen molar-refractivity contribution in [1.29, 1.82) is 0 Å². The number of nitrogens with two attached hydrogens (primary N) is 2. The van der Waals surface area contributed by atoms with E-state index in [4.69, 9.17) is 10.9 Å². The third-order valence-corrected chi connectivity index (χ3v) is 5.57. The first kappa shape index (κ1) is 18.9. The molecule has 0 spiro atoms. The van der Waals surface area contributed by atoms with Gasteiger partial charge in [-0.25, -0.2) is 18.2 Å². The van der Waals surface area contributed by atoms with Gasteiger partial charge in [0.1, 0.15) is 0 Å². The molecule has 0 bridgehead atoms. The second-order valence-electron chi connectivity index (χ2n) is 6.68.